The van der Waals surface area contributed by atoms with Crippen molar-refractivity contribution in [2.24, 2.45) is 0 Å². The van der Waals surface area contributed by atoms with Gasteiger partial charge in [-0.1, -0.05) is 25.3 Å². The molecule has 0 atom stereocenters. The van der Waals surface area contributed by atoms with Gasteiger partial charge in [0, 0.05) is 6.04 Å². The predicted octanol–water partition coefficient (Wildman–Crippen LogP) is 2.08. The van der Waals surface area contributed by atoms with Gasteiger partial charge in [-0.3, -0.25) is 0 Å². The number of hydrogen-bond donors (Lipinski definition) is 1. The van der Waals surface area contributed by atoms with E-state index < -0.39 is 16.0 Å². The van der Waals surface area contributed by atoms with E-state index in [1.54, 1.807) is 6.07 Å². The largest absolute Gasteiger partial charge is 0.465 e. The van der Waals surface area contributed by atoms with E-state index in [0.29, 0.717) is 0 Å². The second kappa shape index (κ2) is 6.37. The lowest BCUT2D eigenvalue weighted by atomic mass is 9.96. The zero-order chi connectivity index (χ0) is 14.6. The number of hydrogen-bond acceptors (Lipinski definition) is 4. The Balaban J connectivity index is 2.18. The topological polar surface area (TPSA) is 72.5 Å². The van der Waals surface area contributed by atoms with Crippen LogP contribution in [-0.2, 0) is 14.8 Å². The second-order valence-corrected chi connectivity index (χ2v) is 6.69. The molecule has 1 aromatic rings. The molecule has 0 heterocycles. The fourth-order valence-electron chi connectivity index (χ4n) is 2.42. The van der Waals surface area contributed by atoms with Gasteiger partial charge < -0.3 is 4.74 Å². The van der Waals surface area contributed by atoms with Crippen molar-refractivity contribution in [1.29, 1.82) is 0 Å². The van der Waals surface area contributed by atoms with Crippen LogP contribution in [0.3, 0.4) is 0 Å². The quantitative estimate of drug-likeness (QED) is 0.864. The first kappa shape index (κ1) is 15.0. The normalized spacial score (nSPS) is 16.9. The van der Waals surface area contributed by atoms with E-state index in [1.165, 1.54) is 25.3 Å². The van der Waals surface area contributed by atoms with Crippen molar-refractivity contribution in [1.82, 2.24) is 4.72 Å². The van der Waals surface area contributed by atoms with Gasteiger partial charge in [-0.2, -0.15) is 0 Å². The summed E-state index contributed by atoms with van der Waals surface area (Å²) in [5.74, 6) is -0.542. The summed E-state index contributed by atoms with van der Waals surface area (Å²) in [5, 5.41) is 0. The first-order valence-corrected chi connectivity index (χ1v) is 8.22. The first-order valence-electron chi connectivity index (χ1n) is 6.73. The molecule has 5 nitrogen and oxygen atoms in total. The second-order valence-electron chi connectivity index (χ2n) is 4.98. The molecule has 110 valence electrons. The number of methoxy groups -OCH3 is 1. The fraction of sp³-hybridized carbons (Fsp3) is 0.500. The van der Waals surface area contributed by atoms with Gasteiger partial charge in [-0.15, -0.1) is 0 Å². The predicted molar refractivity (Wildman–Crippen MR) is 75.0 cm³/mol. The molecule has 1 fully saturated rings. The van der Waals surface area contributed by atoms with E-state index in [1.807, 2.05) is 0 Å². The number of rotatable bonds is 4. The smallest absolute Gasteiger partial charge is 0.337 e. The minimum atomic E-state index is -3.58. The summed E-state index contributed by atoms with van der Waals surface area (Å²) in [4.78, 5) is 11.5. The Morgan fingerprint density at radius 3 is 2.60 bits per heavy atom. The number of carbonyl (C=O) groups excluding carboxylic acids is 1. The fourth-order valence-corrected chi connectivity index (χ4v) is 3.77. The molecule has 0 spiro atoms. The van der Waals surface area contributed by atoms with Crippen molar-refractivity contribution in [2.45, 2.75) is 43.0 Å². The number of carbonyl (C=O) groups is 1. The van der Waals surface area contributed by atoms with Gasteiger partial charge in [0.05, 0.1) is 17.6 Å². The van der Waals surface area contributed by atoms with Crippen molar-refractivity contribution in [2.75, 3.05) is 7.11 Å². The summed E-state index contributed by atoms with van der Waals surface area (Å²) in [6.07, 6.45) is 5.01. The molecule has 0 bridgehead atoms. The Morgan fingerprint density at radius 2 is 1.95 bits per heavy atom. The Labute approximate surface area is 119 Å². The zero-order valence-electron chi connectivity index (χ0n) is 11.5. The van der Waals surface area contributed by atoms with E-state index in [2.05, 4.69) is 9.46 Å². The summed E-state index contributed by atoms with van der Waals surface area (Å²) in [5.41, 5.74) is 0.235. The molecule has 1 saturated carbocycles. The average molecular weight is 297 g/mol. The van der Waals surface area contributed by atoms with Gasteiger partial charge in [0.25, 0.3) is 0 Å². The van der Waals surface area contributed by atoms with E-state index in [4.69, 9.17) is 0 Å². The summed E-state index contributed by atoms with van der Waals surface area (Å²) >= 11 is 0. The minimum absolute atomic E-state index is 0.00414. The molecule has 0 saturated heterocycles. The number of ether oxygens (including phenoxy) is 1. The van der Waals surface area contributed by atoms with E-state index >= 15 is 0 Å². The Bertz CT molecular complexity index is 577. The van der Waals surface area contributed by atoms with Crippen LogP contribution in [0, 0.1) is 0 Å². The molecular weight excluding hydrogens is 278 g/mol. The van der Waals surface area contributed by atoms with Crippen LogP contribution in [0.2, 0.25) is 0 Å². The van der Waals surface area contributed by atoms with Crippen molar-refractivity contribution in [3.8, 4) is 0 Å². The van der Waals surface area contributed by atoms with Crippen LogP contribution in [0.25, 0.3) is 0 Å². The van der Waals surface area contributed by atoms with Crippen molar-refractivity contribution >= 4 is 16.0 Å². The van der Waals surface area contributed by atoms with E-state index in [-0.39, 0.29) is 16.5 Å². The minimum Gasteiger partial charge on any atom is -0.465 e. The van der Waals surface area contributed by atoms with Gasteiger partial charge in [0.15, 0.2) is 0 Å². The summed E-state index contributed by atoms with van der Waals surface area (Å²) in [6.45, 7) is 0. The van der Waals surface area contributed by atoms with Crippen LogP contribution < -0.4 is 4.72 Å². The maximum atomic E-state index is 12.3. The molecule has 1 aliphatic carbocycles. The van der Waals surface area contributed by atoms with Crippen LogP contribution >= 0.6 is 0 Å². The van der Waals surface area contributed by atoms with Crippen molar-refractivity contribution in [3.63, 3.8) is 0 Å². The molecule has 6 heteroatoms. The third-order valence-corrected chi connectivity index (χ3v) is 5.01. The van der Waals surface area contributed by atoms with Gasteiger partial charge in [-0.05, 0) is 31.0 Å². The molecule has 2 rings (SSSR count). The standard InChI is InChI=1S/C14H19NO4S/c1-19-14(16)11-6-5-9-13(10-11)20(17,18)15-12-7-3-2-4-8-12/h5-6,9-10,12,15H,2-4,7-8H2,1H3. The van der Waals surface area contributed by atoms with Crippen molar-refractivity contribution < 1.29 is 17.9 Å². The van der Waals surface area contributed by atoms with Crippen LogP contribution in [0.5, 0.6) is 0 Å². The third-order valence-electron chi connectivity index (χ3n) is 3.49. The average Bonchev–Trinajstić information content (AvgIpc) is 2.47. The molecule has 0 unspecified atom stereocenters. The zero-order valence-corrected chi connectivity index (χ0v) is 12.3. The number of esters is 1. The lowest BCUT2D eigenvalue weighted by Crippen LogP contribution is -2.36. The lowest BCUT2D eigenvalue weighted by molar-refractivity contribution is 0.0600. The molecule has 0 radical (unpaired) electrons. The number of sulfonamides is 1. The first-order chi connectivity index (χ1) is 9.53. The summed E-state index contributed by atoms with van der Waals surface area (Å²) in [6, 6.07) is 5.90. The number of benzene rings is 1. The van der Waals surface area contributed by atoms with Crippen molar-refractivity contribution in [3.05, 3.63) is 29.8 Å². The molecule has 0 amide bonds. The van der Waals surface area contributed by atoms with Crippen LogP contribution in [-0.4, -0.2) is 27.5 Å². The molecule has 20 heavy (non-hydrogen) atoms. The van der Waals surface area contributed by atoms with Crippen LogP contribution in [0.4, 0.5) is 0 Å². The highest BCUT2D eigenvalue weighted by Crippen LogP contribution is 2.20. The molecule has 1 aliphatic rings. The summed E-state index contributed by atoms with van der Waals surface area (Å²) in [7, 11) is -2.31. The molecule has 1 N–H and O–H groups in total. The molecule has 1 aromatic carbocycles. The monoisotopic (exact) mass is 297 g/mol. The van der Waals surface area contributed by atoms with Crippen LogP contribution in [0.1, 0.15) is 42.5 Å². The Hall–Kier alpha value is -1.40. The van der Waals surface area contributed by atoms with E-state index in [0.717, 1.165) is 32.1 Å². The maximum absolute atomic E-state index is 12.3. The lowest BCUT2D eigenvalue weighted by Gasteiger charge is -2.22. The van der Waals surface area contributed by atoms with Gasteiger partial charge in [-0.25, -0.2) is 17.9 Å². The van der Waals surface area contributed by atoms with Gasteiger partial charge >= 0.3 is 5.97 Å². The van der Waals surface area contributed by atoms with E-state index in [9.17, 15) is 13.2 Å². The SMILES string of the molecule is COC(=O)c1cccc(S(=O)(=O)NC2CCCCC2)c1. The molecule has 0 aliphatic heterocycles. The summed E-state index contributed by atoms with van der Waals surface area (Å²) < 4.78 is 31.9. The molecule has 0 aromatic heterocycles. The highest BCUT2D eigenvalue weighted by Gasteiger charge is 2.22. The Kier molecular flexibility index (Phi) is 4.77. The maximum Gasteiger partial charge on any atom is 0.337 e. The van der Waals surface area contributed by atoms with Gasteiger partial charge in [0.1, 0.15) is 0 Å². The van der Waals surface area contributed by atoms with Gasteiger partial charge in [0.2, 0.25) is 10.0 Å². The third kappa shape index (κ3) is 3.58. The number of nitrogens with one attached hydrogen (secondary N) is 1. The Morgan fingerprint density at radius 1 is 1.25 bits per heavy atom. The molecular formula is C14H19NO4S. The highest BCUT2D eigenvalue weighted by molar-refractivity contribution is 7.89. The van der Waals surface area contributed by atoms with Crippen LogP contribution in [0.15, 0.2) is 29.2 Å². The highest BCUT2D eigenvalue weighted by atomic mass is 32.2.